The van der Waals surface area contributed by atoms with Crippen LogP contribution in [0.5, 0.6) is 0 Å². The van der Waals surface area contributed by atoms with Crippen molar-refractivity contribution in [2.75, 3.05) is 13.2 Å². The number of non-ortho nitro benzene ring substituents is 1. The van der Waals surface area contributed by atoms with Gasteiger partial charge in [0.05, 0.1) is 11.3 Å². The lowest BCUT2D eigenvalue weighted by molar-refractivity contribution is -0.384. The Kier molecular flexibility index (Phi) is 6.52. The molecule has 1 aromatic rings. The highest BCUT2D eigenvalue weighted by molar-refractivity contribution is 5.78. The van der Waals surface area contributed by atoms with Gasteiger partial charge in [0.1, 0.15) is 0 Å². The maximum Gasteiger partial charge on any atom is 0.269 e. The smallest absolute Gasteiger partial charge is 0.269 e. The van der Waals surface area contributed by atoms with E-state index < -0.39 is 4.92 Å². The molecular formula is C13H18N2O4. The Hall–Kier alpha value is -1.95. The second kappa shape index (κ2) is 8.20. The first kappa shape index (κ1) is 15.1. The molecule has 0 atom stereocenters. The molecule has 0 aromatic heterocycles. The number of benzene rings is 1. The molecule has 0 radical (unpaired) electrons. The molecule has 0 aliphatic heterocycles. The van der Waals surface area contributed by atoms with Crippen LogP contribution < -0.4 is 5.32 Å². The van der Waals surface area contributed by atoms with Crippen LogP contribution in [0.3, 0.4) is 0 Å². The van der Waals surface area contributed by atoms with Crippen molar-refractivity contribution in [2.45, 2.75) is 25.7 Å². The Morgan fingerprint density at radius 3 is 2.79 bits per heavy atom. The second-order valence-corrected chi connectivity index (χ2v) is 4.24. The zero-order valence-electron chi connectivity index (χ0n) is 10.7. The van der Waals surface area contributed by atoms with E-state index in [0.29, 0.717) is 12.1 Å². The number of amides is 1. The first-order valence-electron chi connectivity index (χ1n) is 6.24. The van der Waals surface area contributed by atoms with Crippen LogP contribution in [-0.2, 0) is 11.2 Å². The predicted molar refractivity (Wildman–Crippen MR) is 70.7 cm³/mol. The minimum Gasteiger partial charge on any atom is -0.396 e. The van der Waals surface area contributed by atoms with Crippen LogP contribution in [0.2, 0.25) is 0 Å². The van der Waals surface area contributed by atoms with Crippen LogP contribution in [-0.4, -0.2) is 29.1 Å². The summed E-state index contributed by atoms with van der Waals surface area (Å²) in [6, 6.07) is 6.07. The Morgan fingerprint density at radius 1 is 1.32 bits per heavy atom. The zero-order valence-corrected chi connectivity index (χ0v) is 10.7. The Morgan fingerprint density at radius 2 is 2.11 bits per heavy atom. The van der Waals surface area contributed by atoms with Gasteiger partial charge in [0.15, 0.2) is 0 Å². The van der Waals surface area contributed by atoms with E-state index in [1.54, 1.807) is 12.1 Å². The van der Waals surface area contributed by atoms with Gasteiger partial charge in [-0.3, -0.25) is 14.9 Å². The summed E-state index contributed by atoms with van der Waals surface area (Å²) in [5, 5.41) is 21.9. The number of nitrogens with one attached hydrogen (secondary N) is 1. The van der Waals surface area contributed by atoms with Crippen LogP contribution in [0.15, 0.2) is 24.3 Å². The van der Waals surface area contributed by atoms with Crippen molar-refractivity contribution in [3.8, 4) is 0 Å². The van der Waals surface area contributed by atoms with E-state index in [-0.39, 0.29) is 24.6 Å². The molecule has 2 N–H and O–H groups in total. The van der Waals surface area contributed by atoms with Crippen molar-refractivity contribution in [3.05, 3.63) is 39.9 Å². The van der Waals surface area contributed by atoms with E-state index in [0.717, 1.165) is 19.3 Å². The third-order valence-electron chi connectivity index (χ3n) is 2.64. The lowest BCUT2D eigenvalue weighted by atomic mass is 10.1. The lowest BCUT2D eigenvalue weighted by Gasteiger charge is -2.05. The Bertz CT molecular complexity index is 434. The molecule has 1 amide bonds. The third kappa shape index (κ3) is 5.96. The summed E-state index contributed by atoms with van der Waals surface area (Å²) in [6.07, 6.45) is 2.57. The van der Waals surface area contributed by atoms with Gasteiger partial charge < -0.3 is 10.4 Å². The maximum absolute atomic E-state index is 11.6. The number of unbranched alkanes of at least 4 members (excludes halogenated alkanes) is 2. The first-order chi connectivity index (χ1) is 9.13. The highest BCUT2D eigenvalue weighted by atomic mass is 16.6. The summed E-state index contributed by atoms with van der Waals surface area (Å²) in [7, 11) is 0. The van der Waals surface area contributed by atoms with Gasteiger partial charge in [0, 0.05) is 25.3 Å². The summed E-state index contributed by atoms with van der Waals surface area (Å²) in [5.74, 6) is -0.149. The van der Waals surface area contributed by atoms with Crippen LogP contribution in [0.4, 0.5) is 5.69 Å². The average Bonchev–Trinajstić information content (AvgIpc) is 2.38. The fourth-order valence-electron chi connectivity index (χ4n) is 1.67. The standard InChI is InChI=1S/C13H18N2O4/c16-8-3-1-2-7-14-13(17)10-11-5-4-6-12(9-11)15(18)19/h4-6,9,16H,1-3,7-8,10H2,(H,14,17). The monoisotopic (exact) mass is 266 g/mol. The van der Waals surface area contributed by atoms with Crippen LogP contribution in [0.1, 0.15) is 24.8 Å². The molecule has 0 unspecified atom stereocenters. The van der Waals surface area contributed by atoms with Gasteiger partial charge in [0.2, 0.25) is 5.91 Å². The first-order valence-corrected chi connectivity index (χ1v) is 6.24. The topological polar surface area (TPSA) is 92.5 Å². The number of aliphatic hydroxyl groups excluding tert-OH is 1. The molecule has 19 heavy (non-hydrogen) atoms. The van der Waals surface area contributed by atoms with Gasteiger partial charge in [0.25, 0.3) is 5.69 Å². The number of carbonyl (C=O) groups is 1. The van der Waals surface area contributed by atoms with Crippen LogP contribution in [0, 0.1) is 10.1 Å². The number of rotatable bonds is 8. The maximum atomic E-state index is 11.6. The fourth-order valence-corrected chi connectivity index (χ4v) is 1.67. The zero-order chi connectivity index (χ0) is 14.1. The molecule has 0 bridgehead atoms. The molecule has 1 aromatic carbocycles. The molecule has 6 nitrogen and oxygen atoms in total. The molecule has 0 heterocycles. The van der Waals surface area contributed by atoms with Gasteiger partial charge in [-0.1, -0.05) is 12.1 Å². The normalized spacial score (nSPS) is 10.2. The van der Waals surface area contributed by atoms with Gasteiger partial charge in [-0.25, -0.2) is 0 Å². The van der Waals surface area contributed by atoms with Gasteiger partial charge in [-0.15, -0.1) is 0 Å². The minimum atomic E-state index is -0.476. The number of hydrogen-bond acceptors (Lipinski definition) is 4. The van der Waals surface area contributed by atoms with Crippen molar-refractivity contribution in [2.24, 2.45) is 0 Å². The van der Waals surface area contributed by atoms with E-state index in [1.807, 2.05) is 0 Å². The second-order valence-electron chi connectivity index (χ2n) is 4.24. The van der Waals surface area contributed by atoms with Gasteiger partial charge in [-0.2, -0.15) is 0 Å². The van der Waals surface area contributed by atoms with E-state index in [4.69, 9.17) is 5.11 Å². The quantitative estimate of drug-likeness (QED) is 0.423. The third-order valence-corrected chi connectivity index (χ3v) is 2.64. The largest absolute Gasteiger partial charge is 0.396 e. The summed E-state index contributed by atoms with van der Waals surface area (Å²) < 4.78 is 0. The molecule has 1 rings (SSSR count). The van der Waals surface area contributed by atoms with E-state index in [2.05, 4.69) is 5.32 Å². The fraction of sp³-hybridized carbons (Fsp3) is 0.462. The predicted octanol–water partition coefficient (Wildman–Crippen LogP) is 1.42. The SMILES string of the molecule is O=C(Cc1cccc([N+](=O)[O-])c1)NCCCCCO. The number of nitro benzene ring substituents is 1. The number of carbonyl (C=O) groups excluding carboxylic acids is 1. The molecule has 0 aliphatic carbocycles. The van der Waals surface area contributed by atoms with Crippen molar-refractivity contribution in [3.63, 3.8) is 0 Å². The molecule has 104 valence electrons. The van der Waals surface area contributed by atoms with Gasteiger partial charge in [-0.05, 0) is 24.8 Å². The molecule has 0 saturated carbocycles. The number of nitrogens with zero attached hydrogens (tertiary/aromatic N) is 1. The lowest BCUT2D eigenvalue weighted by Crippen LogP contribution is -2.26. The van der Waals surface area contributed by atoms with Crippen molar-refractivity contribution < 1.29 is 14.8 Å². The molecule has 0 aliphatic rings. The summed E-state index contributed by atoms with van der Waals surface area (Å²) in [6.45, 7) is 0.732. The molecule has 0 spiro atoms. The van der Waals surface area contributed by atoms with Crippen molar-refractivity contribution in [1.29, 1.82) is 0 Å². The van der Waals surface area contributed by atoms with Crippen LogP contribution >= 0.6 is 0 Å². The Labute approximate surface area is 111 Å². The van der Waals surface area contributed by atoms with Crippen molar-refractivity contribution in [1.82, 2.24) is 5.32 Å². The van der Waals surface area contributed by atoms with Crippen molar-refractivity contribution >= 4 is 11.6 Å². The van der Waals surface area contributed by atoms with Gasteiger partial charge >= 0.3 is 0 Å². The molecule has 0 saturated heterocycles. The minimum absolute atomic E-state index is 0.00625. The van der Waals surface area contributed by atoms with E-state index >= 15 is 0 Å². The average molecular weight is 266 g/mol. The van der Waals surface area contributed by atoms with E-state index in [1.165, 1.54) is 12.1 Å². The number of aliphatic hydroxyl groups is 1. The summed E-state index contributed by atoms with van der Waals surface area (Å²) in [5.41, 5.74) is 0.621. The Balaban J connectivity index is 2.35. The number of hydrogen-bond donors (Lipinski definition) is 2. The molecular weight excluding hydrogens is 248 g/mol. The number of nitro groups is 1. The molecule has 0 fully saturated rings. The summed E-state index contributed by atoms with van der Waals surface area (Å²) >= 11 is 0. The summed E-state index contributed by atoms with van der Waals surface area (Å²) in [4.78, 5) is 21.7. The molecule has 6 heteroatoms. The highest BCUT2D eigenvalue weighted by Gasteiger charge is 2.08. The van der Waals surface area contributed by atoms with Crippen LogP contribution in [0.25, 0.3) is 0 Å². The highest BCUT2D eigenvalue weighted by Crippen LogP contribution is 2.13. The van der Waals surface area contributed by atoms with E-state index in [9.17, 15) is 14.9 Å².